The van der Waals surface area contributed by atoms with E-state index in [1.54, 1.807) is 6.33 Å². The van der Waals surface area contributed by atoms with Crippen molar-refractivity contribution < 1.29 is 5.11 Å². The number of hydrogen-bond acceptors (Lipinski definition) is 5. The van der Waals surface area contributed by atoms with Crippen LogP contribution in [0.3, 0.4) is 0 Å². The minimum absolute atomic E-state index is 0.219. The molecule has 1 fully saturated rings. The molecule has 3 aromatic rings. The minimum Gasteiger partial charge on any atom is -0.396 e. The first-order chi connectivity index (χ1) is 13.3. The van der Waals surface area contributed by atoms with Crippen LogP contribution in [0.5, 0.6) is 0 Å². The maximum atomic E-state index is 9.56. The summed E-state index contributed by atoms with van der Waals surface area (Å²) in [7, 11) is 0. The Balaban J connectivity index is 1.40. The Kier molecular flexibility index (Phi) is 5.65. The summed E-state index contributed by atoms with van der Waals surface area (Å²) in [5, 5.41) is 10.6. The molecule has 0 bridgehead atoms. The molecule has 2 N–H and O–H groups in total. The Morgan fingerprint density at radius 3 is 2.85 bits per heavy atom. The van der Waals surface area contributed by atoms with Gasteiger partial charge in [0.05, 0.1) is 5.39 Å². The third kappa shape index (κ3) is 4.12. The van der Waals surface area contributed by atoms with E-state index >= 15 is 0 Å². The average molecular weight is 365 g/mol. The highest BCUT2D eigenvalue weighted by atomic mass is 16.3. The van der Waals surface area contributed by atoms with Crippen molar-refractivity contribution in [3.8, 4) is 0 Å². The van der Waals surface area contributed by atoms with E-state index in [0.717, 1.165) is 62.3 Å². The lowest BCUT2D eigenvalue weighted by Crippen LogP contribution is -2.54. The number of piperazine rings is 1. The summed E-state index contributed by atoms with van der Waals surface area (Å²) in [5.41, 5.74) is 2.27. The van der Waals surface area contributed by atoms with Crippen molar-refractivity contribution in [2.45, 2.75) is 25.3 Å². The number of rotatable bonds is 7. The van der Waals surface area contributed by atoms with Gasteiger partial charge in [-0.25, -0.2) is 9.97 Å². The van der Waals surface area contributed by atoms with Gasteiger partial charge in [-0.3, -0.25) is 4.90 Å². The van der Waals surface area contributed by atoms with E-state index in [0.29, 0.717) is 6.04 Å². The van der Waals surface area contributed by atoms with Gasteiger partial charge < -0.3 is 15.0 Å². The van der Waals surface area contributed by atoms with Crippen LogP contribution in [0.1, 0.15) is 18.4 Å². The number of benzene rings is 1. The summed E-state index contributed by atoms with van der Waals surface area (Å²) in [4.78, 5) is 16.9. The summed E-state index contributed by atoms with van der Waals surface area (Å²) < 4.78 is 0. The van der Waals surface area contributed by atoms with Crippen LogP contribution < -0.4 is 4.90 Å². The molecule has 27 heavy (non-hydrogen) atoms. The fourth-order valence-corrected chi connectivity index (χ4v) is 4.04. The number of aliphatic hydroxyl groups excluding tert-OH is 1. The van der Waals surface area contributed by atoms with Gasteiger partial charge >= 0.3 is 0 Å². The van der Waals surface area contributed by atoms with Crippen molar-refractivity contribution in [2.24, 2.45) is 0 Å². The first kappa shape index (κ1) is 17.9. The molecule has 0 saturated carbocycles. The molecule has 1 aliphatic rings. The summed E-state index contributed by atoms with van der Waals surface area (Å²) in [5.74, 6) is 0.994. The highest BCUT2D eigenvalue weighted by Gasteiger charge is 2.28. The van der Waals surface area contributed by atoms with Crippen LogP contribution in [0.15, 0.2) is 48.9 Å². The highest BCUT2D eigenvalue weighted by molar-refractivity contribution is 5.87. The van der Waals surface area contributed by atoms with Crippen molar-refractivity contribution in [3.05, 3.63) is 54.5 Å². The molecule has 0 spiro atoms. The Morgan fingerprint density at radius 1 is 1.11 bits per heavy atom. The molecule has 1 unspecified atom stereocenters. The molecule has 0 radical (unpaired) electrons. The Morgan fingerprint density at radius 2 is 2.00 bits per heavy atom. The molecule has 4 rings (SSSR count). The maximum absolute atomic E-state index is 9.56. The summed E-state index contributed by atoms with van der Waals surface area (Å²) in [6.45, 7) is 4.12. The first-order valence-electron chi connectivity index (χ1n) is 9.77. The molecule has 3 heterocycles. The Labute approximate surface area is 159 Å². The van der Waals surface area contributed by atoms with Crippen molar-refractivity contribution >= 4 is 16.9 Å². The summed E-state index contributed by atoms with van der Waals surface area (Å²) in [6, 6.07) is 13.1. The number of aromatic nitrogens is 3. The van der Waals surface area contributed by atoms with E-state index in [1.807, 2.05) is 12.3 Å². The van der Waals surface area contributed by atoms with Gasteiger partial charge in [-0.15, -0.1) is 0 Å². The van der Waals surface area contributed by atoms with Crippen molar-refractivity contribution in [3.63, 3.8) is 0 Å². The monoisotopic (exact) mass is 365 g/mol. The average Bonchev–Trinajstić information content (AvgIpc) is 3.19. The second-order valence-corrected chi connectivity index (χ2v) is 7.17. The Bertz CT molecular complexity index is 850. The van der Waals surface area contributed by atoms with Gasteiger partial charge in [-0.2, -0.15) is 0 Å². The van der Waals surface area contributed by atoms with Crippen LogP contribution in [0.2, 0.25) is 0 Å². The van der Waals surface area contributed by atoms with E-state index in [-0.39, 0.29) is 6.61 Å². The first-order valence-corrected chi connectivity index (χ1v) is 9.77. The van der Waals surface area contributed by atoms with Crippen LogP contribution in [-0.2, 0) is 6.42 Å². The molecule has 2 aromatic heterocycles. The molecule has 1 aromatic carbocycles. The van der Waals surface area contributed by atoms with Gasteiger partial charge in [-0.05, 0) is 37.4 Å². The molecule has 6 nitrogen and oxygen atoms in total. The van der Waals surface area contributed by atoms with Gasteiger partial charge in [0.1, 0.15) is 17.8 Å². The number of nitrogens with one attached hydrogen (secondary N) is 1. The molecule has 0 amide bonds. The minimum atomic E-state index is 0.219. The van der Waals surface area contributed by atoms with Gasteiger partial charge in [0, 0.05) is 38.5 Å². The number of anilines is 1. The van der Waals surface area contributed by atoms with Crippen LogP contribution in [-0.4, -0.2) is 63.8 Å². The van der Waals surface area contributed by atoms with E-state index in [2.05, 4.69) is 55.1 Å². The van der Waals surface area contributed by atoms with Gasteiger partial charge in [0.25, 0.3) is 0 Å². The largest absolute Gasteiger partial charge is 0.396 e. The number of aromatic amines is 1. The van der Waals surface area contributed by atoms with Crippen molar-refractivity contribution in [2.75, 3.05) is 37.7 Å². The van der Waals surface area contributed by atoms with Crippen molar-refractivity contribution in [1.82, 2.24) is 19.9 Å². The predicted octanol–water partition coefficient (Wildman–Crippen LogP) is 2.46. The lowest BCUT2D eigenvalue weighted by Gasteiger charge is -2.42. The second kappa shape index (κ2) is 8.50. The van der Waals surface area contributed by atoms with E-state index < -0.39 is 0 Å². The molecular formula is C21H27N5O. The maximum Gasteiger partial charge on any atom is 0.142 e. The van der Waals surface area contributed by atoms with E-state index in [4.69, 9.17) is 0 Å². The normalized spacial score (nSPS) is 18.3. The fourth-order valence-electron chi connectivity index (χ4n) is 4.04. The number of fused-ring (bicyclic) bond motifs is 1. The zero-order valence-electron chi connectivity index (χ0n) is 15.6. The second-order valence-electron chi connectivity index (χ2n) is 7.17. The molecule has 1 aliphatic heterocycles. The zero-order chi connectivity index (χ0) is 18.5. The van der Waals surface area contributed by atoms with E-state index in [9.17, 15) is 5.11 Å². The lowest BCUT2D eigenvalue weighted by atomic mass is 10.1. The third-order valence-corrected chi connectivity index (χ3v) is 5.45. The van der Waals surface area contributed by atoms with E-state index in [1.165, 1.54) is 5.56 Å². The third-order valence-electron chi connectivity index (χ3n) is 5.45. The Hall–Kier alpha value is -2.44. The number of aliphatic hydroxyl groups is 1. The zero-order valence-corrected chi connectivity index (χ0v) is 15.6. The van der Waals surface area contributed by atoms with Crippen LogP contribution >= 0.6 is 0 Å². The number of H-pyrrole nitrogens is 1. The summed E-state index contributed by atoms with van der Waals surface area (Å²) >= 11 is 0. The van der Waals surface area contributed by atoms with Crippen LogP contribution in [0, 0.1) is 0 Å². The topological polar surface area (TPSA) is 68.3 Å². The molecule has 0 aliphatic carbocycles. The molecular weight excluding hydrogens is 338 g/mol. The van der Waals surface area contributed by atoms with Crippen molar-refractivity contribution in [1.29, 1.82) is 0 Å². The fraction of sp³-hybridized carbons (Fsp3) is 0.429. The number of nitrogens with zero attached hydrogens (tertiary/aromatic N) is 4. The molecule has 1 saturated heterocycles. The number of aryl methyl sites for hydroxylation is 1. The van der Waals surface area contributed by atoms with Gasteiger partial charge in [-0.1, -0.05) is 30.3 Å². The summed E-state index contributed by atoms with van der Waals surface area (Å²) in [6.07, 6.45) is 6.57. The smallest absolute Gasteiger partial charge is 0.142 e. The van der Waals surface area contributed by atoms with Crippen LogP contribution in [0.25, 0.3) is 11.0 Å². The lowest BCUT2D eigenvalue weighted by molar-refractivity contribution is 0.141. The highest BCUT2D eigenvalue weighted by Crippen LogP contribution is 2.25. The molecule has 6 heteroatoms. The van der Waals surface area contributed by atoms with Crippen LogP contribution in [0.4, 0.5) is 5.82 Å². The molecule has 142 valence electrons. The van der Waals surface area contributed by atoms with Gasteiger partial charge in [0.15, 0.2) is 0 Å². The predicted molar refractivity (Wildman–Crippen MR) is 108 cm³/mol. The van der Waals surface area contributed by atoms with Gasteiger partial charge in [0.2, 0.25) is 0 Å². The SMILES string of the molecule is OCCC1CN(c2ncnc3[nH]ccc23)CCN1CCCc1ccccc1. The molecule has 1 atom stereocenters. The standard InChI is InChI=1S/C21H27N5O/c27-14-9-18-15-26(21-19-8-10-22-20(19)23-16-24-21)13-12-25(18)11-4-7-17-5-2-1-3-6-17/h1-3,5-6,8,10,16,18,27H,4,7,9,11-15H2,(H,22,23,24). The quantitative estimate of drug-likeness (QED) is 0.673. The number of hydrogen-bond donors (Lipinski definition) is 2.